The first-order valence-electron chi connectivity index (χ1n) is 6.97. The first kappa shape index (κ1) is 19.1. The maximum atomic E-state index is 12.5. The van der Waals surface area contributed by atoms with E-state index in [1.54, 1.807) is 12.1 Å². The van der Waals surface area contributed by atoms with Gasteiger partial charge in [0.2, 0.25) is 0 Å². The predicted molar refractivity (Wildman–Crippen MR) is 79.3 cm³/mol. The average Bonchev–Trinajstić information content (AvgIpc) is 2.45. The van der Waals surface area contributed by atoms with Crippen molar-refractivity contribution in [1.29, 1.82) is 0 Å². The molecule has 0 aliphatic carbocycles. The molecule has 7 heteroatoms. The van der Waals surface area contributed by atoms with Gasteiger partial charge in [-0.25, -0.2) is 0 Å². The molecule has 1 N–H and O–H groups in total. The van der Waals surface area contributed by atoms with Gasteiger partial charge in [0.1, 0.15) is 0 Å². The van der Waals surface area contributed by atoms with Crippen LogP contribution in [0, 0.1) is 0 Å². The van der Waals surface area contributed by atoms with E-state index in [0.29, 0.717) is 6.54 Å². The monoisotopic (exact) mass is 309 g/mol. The first-order valence-corrected chi connectivity index (χ1v) is 6.97. The zero-order valence-corrected chi connectivity index (χ0v) is 11.6. The summed E-state index contributed by atoms with van der Waals surface area (Å²) in [5.41, 5.74) is 0.311. The van der Waals surface area contributed by atoms with Gasteiger partial charge in [-0.2, -0.15) is 13.2 Å². The van der Waals surface area contributed by atoms with Crippen LogP contribution >= 0.6 is 0 Å². The minimum atomic E-state index is -4.29. The molecule has 0 radical (unpaired) electrons. The number of aliphatic carboxylic acids is 1. The molecule has 1 heterocycles. The summed E-state index contributed by atoms with van der Waals surface area (Å²) in [6.07, 6.45) is -2.46. The van der Waals surface area contributed by atoms with E-state index in [9.17, 15) is 18.0 Å². The molecule has 3 nitrogen and oxygen atoms in total. The molecular weight excluding hydrogens is 290 g/mol. The van der Waals surface area contributed by atoms with E-state index in [1.807, 2.05) is 0 Å². The maximum absolute atomic E-state index is 12.5. The van der Waals surface area contributed by atoms with Crippen LogP contribution in [0.2, 0.25) is 0 Å². The second kappa shape index (κ2) is 8.05. The topological polar surface area (TPSA) is 40.5 Å². The Labute approximate surface area is 139 Å². The zero-order valence-electron chi connectivity index (χ0n) is 11.6. The van der Waals surface area contributed by atoms with Gasteiger partial charge < -0.3 is 10.0 Å². The molecule has 1 aliphatic heterocycles. The average molecular weight is 309 g/mol. The van der Waals surface area contributed by atoms with Crippen molar-refractivity contribution in [2.45, 2.75) is 31.4 Å². The van der Waals surface area contributed by atoms with Crippen LogP contribution in [-0.4, -0.2) is 54.5 Å². The number of benzene rings is 1. The summed E-state index contributed by atoms with van der Waals surface area (Å²) in [5, 5.41) is 8.65. The number of nitrogens with zero attached hydrogens (tertiary/aromatic N) is 1. The summed E-state index contributed by atoms with van der Waals surface area (Å²) in [4.78, 5) is 12.6. The van der Waals surface area contributed by atoms with E-state index in [0.717, 1.165) is 43.6 Å². The van der Waals surface area contributed by atoms with Gasteiger partial charge >= 0.3 is 31.0 Å². The summed E-state index contributed by atoms with van der Waals surface area (Å²) in [5.74, 6) is -0.548. The van der Waals surface area contributed by atoms with E-state index in [2.05, 4.69) is 4.90 Å². The molecular formula is C15H19F3LiNO2. The fourth-order valence-corrected chi connectivity index (χ4v) is 2.69. The van der Waals surface area contributed by atoms with Crippen molar-refractivity contribution in [2.75, 3.05) is 19.6 Å². The molecule has 1 fully saturated rings. The molecule has 0 unspecified atom stereocenters. The molecule has 1 aliphatic rings. The van der Waals surface area contributed by atoms with Crippen molar-refractivity contribution in [2.24, 2.45) is 0 Å². The SMILES string of the molecule is O=C(O)CCN1CCC(c2ccc(C(F)(F)F)cc2)CC1.[LiH]. The Morgan fingerprint density at radius 3 is 2.18 bits per heavy atom. The Morgan fingerprint density at radius 2 is 1.73 bits per heavy atom. The second-order valence-electron chi connectivity index (χ2n) is 5.38. The van der Waals surface area contributed by atoms with E-state index in [4.69, 9.17) is 5.11 Å². The van der Waals surface area contributed by atoms with E-state index < -0.39 is 17.7 Å². The Bertz CT molecular complexity index is 483. The fraction of sp³-hybridized carbons (Fsp3) is 0.533. The summed E-state index contributed by atoms with van der Waals surface area (Å²) in [7, 11) is 0. The molecule has 0 amide bonds. The number of alkyl halides is 3. The zero-order chi connectivity index (χ0) is 15.5. The quantitative estimate of drug-likeness (QED) is 0.870. The number of halogens is 3. The van der Waals surface area contributed by atoms with E-state index in [1.165, 1.54) is 0 Å². The van der Waals surface area contributed by atoms with Crippen LogP contribution in [0.15, 0.2) is 24.3 Å². The second-order valence-corrected chi connectivity index (χ2v) is 5.38. The first-order chi connectivity index (χ1) is 9.86. The number of likely N-dealkylation sites (tertiary alicyclic amines) is 1. The molecule has 1 aromatic carbocycles. The van der Waals surface area contributed by atoms with Crippen molar-refractivity contribution < 1.29 is 23.1 Å². The van der Waals surface area contributed by atoms with Gasteiger partial charge in [0.05, 0.1) is 12.0 Å². The van der Waals surface area contributed by atoms with Gasteiger partial charge in [-0.3, -0.25) is 4.79 Å². The number of carboxylic acids is 1. The van der Waals surface area contributed by atoms with Crippen LogP contribution < -0.4 is 0 Å². The van der Waals surface area contributed by atoms with Gasteiger partial charge in [-0.15, -0.1) is 0 Å². The summed E-state index contributed by atoms with van der Waals surface area (Å²) in [6.45, 7) is 2.12. The third-order valence-corrected chi connectivity index (χ3v) is 3.94. The molecule has 2 rings (SSSR count). The van der Waals surface area contributed by atoms with Gasteiger partial charge in [0, 0.05) is 6.54 Å². The molecule has 0 atom stereocenters. The summed E-state index contributed by atoms with van der Waals surface area (Å²) in [6, 6.07) is 5.37. The molecule has 118 valence electrons. The standard InChI is InChI=1S/C15H18F3NO2.Li.H/c16-15(17,18)13-3-1-11(2-4-13)12-5-8-19(9-6-12)10-7-14(20)21;;/h1-4,12H,5-10H2,(H,20,21);;. The molecule has 0 aromatic heterocycles. The van der Waals surface area contributed by atoms with Crippen molar-refractivity contribution in [3.8, 4) is 0 Å². The molecule has 0 saturated carbocycles. The summed E-state index contributed by atoms with van der Waals surface area (Å²) < 4.78 is 37.5. The van der Waals surface area contributed by atoms with E-state index in [-0.39, 0.29) is 31.2 Å². The number of carboxylic acid groups (broad SMARTS) is 1. The fourth-order valence-electron chi connectivity index (χ4n) is 2.69. The van der Waals surface area contributed by atoms with Crippen molar-refractivity contribution in [3.05, 3.63) is 35.4 Å². The van der Waals surface area contributed by atoms with Crippen molar-refractivity contribution in [3.63, 3.8) is 0 Å². The third-order valence-electron chi connectivity index (χ3n) is 3.94. The van der Waals surface area contributed by atoms with Gasteiger partial charge in [-0.1, -0.05) is 12.1 Å². The van der Waals surface area contributed by atoms with Gasteiger partial charge in [0.15, 0.2) is 0 Å². The van der Waals surface area contributed by atoms with Crippen LogP contribution in [0.3, 0.4) is 0 Å². The van der Waals surface area contributed by atoms with Crippen LogP contribution in [0.5, 0.6) is 0 Å². The Hall–Kier alpha value is -0.963. The molecule has 1 saturated heterocycles. The van der Waals surface area contributed by atoms with Crippen LogP contribution in [0.1, 0.15) is 36.3 Å². The minimum absolute atomic E-state index is 0. The molecule has 22 heavy (non-hydrogen) atoms. The number of carbonyl (C=O) groups is 1. The van der Waals surface area contributed by atoms with Crippen LogP contribution in [0.4, 0.5) is 13.2 Å². The molecule has 1 aromatic rings. The number of hydrogen-bond donors (Lipinski definition) is 1. The van der Waals surface area contributed by atoms with Crippen molar-refractivity contribution >= 4 is 24.8 Å². The third kappa shape index (κ3) is 5.35. The Morgan fingerprint density at radius 1 is 1.18 bits per heavy atom. The summed E-state index contributed by atoms with van der Waals surface area (Å²) >= 11 is 0. The number of hydrogen-bond acceptors (Lipinski definition) is 2. The molecule has 0 spiro atoms. The Kier molecular flexibility index (Phi) is 6.98. The van der Waals surface area contributed by atoms with E-state index >= 15 is 0 Å². The van der Waals surface area contributed by atoms with Crippen LogP contribution in [-0.2, 0) is 11.0 Å². The Balaban J connectivity index is 0.00000242. The van der Waals surface area contributed by atoms with Crippen LogP contribution in [0.25, 0.3) is 0 Å². The van der Waals surface area contributed by atoms with Crippen molar-refractivity contribution in [1.82, 2.24) is 4.90 Å². The van der Waals surface area contributed by atoms with Gasteiger partial charge in [-0.05, 0) is 49.5 Å². The number of rotatable bonds is 4. The normalized spacial score (nSPS) is 17.0. The number of piperidine rings is 1. The molecule has 0 bridgehead atoms. The van der Waals surface area contributed by atoms with Gasteiger partial charge in [0.25, 0.3) is 0 Å². The predicted octanol–water partition coefficient (Wildman–Crippen LogP) is 2.71.